The van der Waals surface area contributed by atoms with Crippen LogP contribution in [-0.2, 0) is 13.0 Å². The van der Waals surface area contributed by atoms with Gasteiger partial charge in [0.25, 0.3) is 5.91 Å². The first-order valence-electron chi connectivity index (χ1n) is 9.42. The molecule has 1 amide bonds. The molecule has 0 bridgehead atoms. The molecule has 3 aliphatic rings. The highest BCUT2D eigenvalue weighted by atomic mass is 16.7. The highest BCUT2D eigenvalue weighted by Crippen LogP contribution is 2.33. The Hall–Kier alpha value is -2.73. The van der Waals surface area contributed by atoms with E-state index in [2.05, 4.69) is 23.1 Å². The van der Waals surface area contributed by atoms with Gasteiger partial charge in [0, 0.05) is 44.7 Å². The highest BCUT2D eigenvalue weighted by Gasteiger charge is 2.24. The van der Waals surface area contributed by atoms with Gasteiger partial charge in [0.2, 0.25) is 6.79 Å². The number of hydrogen-bond donors (Lipinski definition) is 0. The molecule has 1 fully saturated rings. The Bertz CT molecular complexity index is 874. The Morgan fingerprint density at radius 3 is 2.59 bits per heavy atom. The molecule has 0 unspecified atom stereocenters. The van der Waals surface area contributed by atoms with Crippen molar-refractivity contribution in [2.45, 2.75) is 13.0 Å². The predicted molar refractivity (Wildman–Crippen MR) is 99.4 cm³/mol. The maximum atomic E-state index is 12.8. The molecule has 2 aromatic rings. The SMILES string of the molecule is O=C(c1ccc2c(c1)OCO2)N1CCN(Cc2ccc3c(c2)CCO3)CC1. The number of ether oxygens (including phenoxy) is 3. The lowest BCUT2D eigenvalue weighted by Gasteiger charge is -2.34. The van der Waals surface area contributed by atoms with Crippen molar-refractivity contribution in [1.82, 2.24) is 9.80 Å². The summed E-state index contributed by atoms with van der Waals surface area (Å²) in [7, 11) is 0. The molecule has 140 valence electrons. The Morgan fingerprint density at radius 1 is 0.889 bits per heavy atom. The molecule has 27 heavy (non-hydrogen) atoms. The van der Waals surface area contributed by atoms with Gasteiger partial charge in [-0.15, -0.1) is 0 Å². The second-order valence-corrected chi connectivity index (χ2v) is 7.18. The first kappa shape index (κ1) is 16.4. The van der Waals surface area contributed by atoms with Crippen LogP contribution in [0.3, 0.4) is 0 Å². The van der Waals surface area contributed by atoms with Gasteiger partial charge in [-0.05, 0) is 35.4 Å². The number of rotatable bonds is 3. The highest BCUT2D eigenvalue weighted by molar-refractivity contribution is 5.95. The van der Waals surface area contributed by atoms with E-state index in [-0.39, 0.29) is 12.7 Å². The Morgan fingerprint density at radius 2 is 1.70 bits per heavy atom. The molecule has 0 aromatic heterocycles. The Labute approximate surface area is 158 Å². The van der Waals surface area contributed by atoms with Crippen LogP contribution in [-0.4, -0.2) is 55.3 Å². The number of benzene rings is 2. The van der Waals surface area contributed by atoms with E-state index in [1.54, 1.807) is 6.07 Å². The second-order valence-electron chi connectivity index (χ2n) is 7.18. The van der Waals surface area contributed by atoms with Crippen LogP contribution in [0.15, 0.2) is 36.4 Å². The quantitative estimate of drug-likeness (QED) is 0.834. The molecule has 2 aromatic carbocycles. The molecule has 0 atom stereocenters. The normalized spacial score (nSPS) is 18.3. The van der Waals surface area contributed by atoms with Gasteiger partial charge in [-0.25, -0.2) is 0 Å². The van der Waals surface area contributed by atoms with Gasteiger partial charge in [-0.2, -0.15) is 0 Å². The summed E-state index contributed by atoms with van der Waals surface area (Å²) >= 11 is 0. The van der Waals surface area contributed by atoms with Gasteiger partial charge >= 0.3 is 0 Å². The largest absolute Gasteiger partial charge is 0.493 e. The first-order chi connectivity index (χ1) is 13.3. The Kier molecular flexibility index (Phi) is 4.13. The topological polar surface area (TPSA) is 51.2 Å². The zero-order valence-electron chi connectivity index (χ0n) is 15.1. The van der Waals surface area contributed by atoms with E-state index in [0.29, 0.717) is 17.1 Å². The third-order valence-electron chi connectivity index (χ3n) is 5.44. The van der Waals surface area contributed by atoms with Crippen molar-refractivity contribution in [3.05, 3.63) is 53.1 Å². The lowest BCUT2D eigenvalue weighted by molar-refractivity contribution is 0.0628. The summed E-state index contributed by atoms with van der Waals surface area (Å²) in [5.74, 6) is 2.44. The maximum Gasteiger partial charge on any atom is 0.254 e. The van der Waals surface area contributed by atoms with Crippen molar-refractivity contribution in [3.8, 4) is 17.2 Å². The van der Waals surface area contributed by atoms with Gasteiger partial charge in [-0.3, -0.25) is 9.69 Å². The van der Waals surface area contributed by atoms with Crippen LogP contribution >= 0.6 is 0 Å². The van der Waals surface area contributed by atoms with Gasteiger partial charge in [0.1, 0.15) is 5.75 Å². The summed E-state index contributed by atoms with van der Waals surface area (Å²) < 4.78 is 16.3. The Balaban J connectivity index is 1.19. The summed E-state index contributed by atoms with van der Waals surface area (Å²) in [5.41, 5.74) is 3.28. The van der Waals surface area contributed by atoms with E-state index in [1.807, 2.05) is 17.0 Å². The molecule has 0 radical (unpaired) electrons. The molecule has 0 spiro atoms. The standard InChI is InChI=1S/C21H22N2O4/c24-21(17-2-4-19-20(12-17)27-14-26-19)23-8-6-22(7-9-23)13-15-1-3-18-16(11-15)5-10-25-18/h1-4,11-12H,5-10,13-14H2. The van der Waals surface area contributed by atoms with Crippen LogP contribution in [0.25, 0.3) is 0 Å². The summed E-state index contributed by atoms with van der Waals surface area (Å²) in [6.45, 7) is 5.16. The van der Waals surface area contributed by atoms with Crippen LogP contribution in [0.2, 0.25) is 0 Å². The number of hydrogen-bond acceptors (Lipinski definition) is 5. The van der Waals surface area contributed by atoms with Crippen LogP contribution in [0.5, 0.6) is 17.2 Å². The monoisotopic (exact) mass is 366 g/mol. The average molecular weight is 366 g/mol. The molecule has 0 saturated carbocycles. The summed E-state index contributed by atoms with van der Waals surface area (Å²) in [6, 6.07) is 11.9. The zero-order chi connectivity index (χ0) is 18.2. The van der Waals surface area contributed by atoms with E-state index in [4.69, 9.17) is 14.2 Å². The molecule has 3 heterocycles. The lowest BCUT2D eigenvalue weighted by Crippen LogP contribution is -2.48. The number of piperazine rings is 1. The van der Waals surface area contributed by atoms with E-state index in [9.17, 15) is 4.79 Å². The van der Waals surface area contributed by atoms with Crippen LogP contribution in [0.4, 0.5) is 0 Å². The zero-order valence-corrected chi connectivity index (χ0v) is 15.1. The van der Waals surface area contributed by atoms with Crippen LogP contribution in [0.1, 0.15) is 21.5 Å². The fraction of sp³-hybridized carbons (Fsp3) is 0.381. The van der Waals surface area contributed by atoms with Crippen molar-refractivity contribution < 1.29 is 19.0 Å². The molecule has 3 aliphatic heterocycles. The summed E-state index contributed by atoms with van der Waals surface area (Å²) in [5, 5.41) is 0. The molecule has 0 N–H and O–H groups in total. The number of carbonyl (C=O) groups is 1. The minimum atomic E-state index is 0.0580. The molecule has 6 nitrogen and oxygen atoms in total. The molecular weight excluding hydrogens is 344 g/mol. The van der Waals surface area contributed by atoms with Crippen molar-refractivity contribution in [3.63, 3.8) is 0 Å². The molecule has 0 aliphatic carbocycles. The first-order valence-corrected chi connectivity index (χ1v) is 9.42. The molecule has 1 saturated heterocycles. The lowest BCUT2D eigenvalue weighted by atomic mass is 10.1. The predicted octanol–water partition coefficient (Wildman–Crippen LogP) is 2.31. The van der Waals surface area contributed by atoms with E-state index in [0.717, 1.165) is 51.5 Å². The fourth-order valence-electron chi connectivity index (χ4n) is 3.92. The average Bonchev–Trinajstić information content (AvgIpc) is 3.36. The van der Waals surface area contributed by atoms with Gasteiger partial charge in [0.05, 0.1) is 6.61 Å². The number of nitrogens with zero attached hydrogens (tertiary/aromatic N) is 2. The van der Waals surface area contributed by atoms with Crippen molar-refractivity contribution in [1.29, 1.82) is 0 Å². The molecular formula is C21H22N2O4. The van der Waals surface area contributed by atoms with E-state index in [1.165, 1.54) is 11.1 Å². The van der Waals surface area contributed by atoms with E-state index >= 15 is 0 Å². The maximum absolute atomic E-state index is 12.8. The van der Waals surface area contributed by atoms with Gasteiger partial charge in [0.15, 0.2) is 11.5 Å². The fourth-order valence-corrected chi connectivity index (χ4v) is 3.92. The number of carbonyl (C=O) groups excluding carboxylic acids is 1. The molecule has 5 rings (SSSR count). The third-order valence-corrected chi connectivity index (χ3v) is 5.44. The second kappa shape index (κ2) is 6.78. The van der Waals surface area contributed by atoms with E-state index < -0.39 is 0 Å². The van der Waals surface area contributed by atoms with Crippen molar-refractivity contribution in [2.75, 3.05) is 39.6 Å². The summed E-state index contributed by atoms with van der Waals surface area (Å²) in [6.07, 6.45) is 1.00. The van der Waals surface area contributed by atoms with Crippen molar-refractivity contribution in [2.24, 2.45) is 0 Å². The van der Waals surface area contributed by atoms with Gasteiger partial charge in [-0.1, -0.05) is 12.1 Å². The van der Waals surface area contributed by atoms with Crippen molar-refractivity contribution >= 4 is 5.91 Å². The van der Waals surface area contributed by atoms with Crippen LogP contribution < -0.4 is 14.2 Å². The molecule has 6 heteroatoms. The number of fused-ring (bicyclic) bond motifs is 2. The third kappa shape index (κ3) is 3.21. The van der Waals surface area contributed by atoms with Gasteiger partial charge < -0.3 is 19.1 Å². The minimum absolute atomic E-state index is 0.0580. The smallest absolute Gasteiger partial charge is 0.254 e. The van der Waals surface area contributed by atoms with Crippen LogP contribution in [0, 0.1) is 0 Å². The minimum Gasteiger partial charge on any atom is -0.493 e. The summed E-state index contributed by atoms with van der Waals surface area (Å²) in [4.78, 5) is 17.1. The number of amides is 1.